The maximum absolute atomic E-state index is 12.3. The first-order chi connectivity index (χ1) is 14.5. The number of rotatable bonds is 8. The van der Waals surface area contributed by atoms with E-state index in [9.17, 15) is 9.59 Å². The molecular formula is C23H23N3O3S. The minimum absolute atomic E-state index is 0.0807. The molecule has 0 bridgehead atoms. The first-order valence-corrected chi connectivity index (χ1v) is 10.4. The molecule has 3 rings (SSSR count). The first-order valence-electron chi connectivity index (χ1n) is 9.55. The maximum Gasteiger partial charge on any atom is 0.248 e. The Bertz CT molecular complexity index is 1060. The van der Waals surface area contributed by atoms with Gasteiger partial charge in [-0.15, -0.1) is 11.3 Å². The Labute approximate surface area is 179 Å². The molecule has 0 aliphatic carbocycles. The number of para-hydroxylation sites is 1. The summed E-state index contributed by atoms with van der Waals surface area (Å²) in [4.78, 5) is 28.3. The molecule has 0 radical (unpaired) electrons. The summed E-state index contributed by atoms with van der Waals surface area (Å²) in [5, 5.41) is 8.54. The minimum atomic E-state index is -0.279. The number of anilines is 2. The molecule has 2 N–H and O–H groups in total. The number of ether oxygens (including phenoxy) is 1. The van der Waals surface area contributed by atoms with Crippen LogP contribution in [0.2, 0.25) is 0 Å². The number of amides is 2. The zero-order valence-corrected chi connectivity index (χ0v) is 17.7. The molecule has 1 aromatic heterocycles. The molecule has 0 unspecified atom stereocenters. The van der Waals surface area contributed by atoms with Gasteiger partial charge in [0.15, 0.2) is 0 Å². The predicted molar refractivity (Wildman–Crippen MR) is 121 cm³/mol. The van der Waals surface area contributed by atoms with Crippen LogP contribution in [0.5, 0.6) is 5.75 Å². The highest BCUT2D eigenvalue weighted by Crippen LogP contribution is 2.21. The Kier molecular flexibility index (Phi) is 7.34. The smallest absolute Gasteiger partial charge is 0.248 e. The van der Waals surface area contributed by atoms with Gasteiger partial charge < -0.3 is 15.4 Å². The molecule has 0 saturated carbocycles. The molecule has 1 heterocycles. The van der Waals surface area contributed by atoms with Crippen molar-refractivity contribution in [2.24, 2.45) is 0 Å². The van der Waals surface area contributed by atoms with E-state index in [-0.39, 0.29) is 11.8 Å². The zero-order chi connectivity index (χ0) is 21.3. The third kappa shape index (κ3) is 6.28. The van der Waals surface area contributed by atoms with Gasteiger partial charge in [-0.2, -0.15) is 0 Å². The molecule has 0 spiro atoms. The van der Waals surface area contributed by atoms with Gasteiger partial charge in [0.2, 0.25) is 11.8 Å². The van der Waals surface area contributed by atoms with Crippen molar-refractivity contribution in [1.82, 2.24) is 4.98 Å². The van der Waals surface area contributed by atoms with Crippen molar-refractivity contribution >= 4 is 40.6 Å². The van der Waals surface area contributed by atoms with E-state index in [0.717, 1.165) is 16.3 Å². The maximum atomic E-state index is 12.3. The van der Waals surface area contributed by atoms with Crippen molar-refractivity contribution in [1.29, 1.82) is 0 Å². The summed E-state index contributed by atoms with van der Waals surface area (Å²) in [6, 6.07) is 14.5. The fourth-order valence-electron chi connectivity index (χ4n) is 2.65. The summed E-state index contributed by atoms with van der Waals surface area (Å²) in [7, 11) is 0. The van der Waals surface area contributed by atoms with E-state index < -0.39 is 0 Å². The van der Waals surface area contributed by atoms with Gasteiger partial charge in [0.1, 0.15) is 12.4 Å². The molecule has 7 heteroatoms. The van der Waals surface area contributed by atoms with E-state index >= 15 is 0 Å². The van der Waals surface area contributed by atoms with Gasteiger partial charge >= 0.3 is 0 Å². The number of carbonyl (C=O) groups excluding carboxylic acids is 2. The second-order valence-corrected chi connectivity index (χ2v) is 7.55. The lowest BCUT2D eigenvalue weighted by Gasteiger charge is -2.08. The molecule has 3 aromatic rings. The highest BCUT2D eigenvalue weighted by atomic mass is 32.1. The van der Waals surface area contributed by atoms with Crippen molar-refractivity contribution in [2.75, 3.05) is 10.6 Å². The number of benzene rings is 2. The number of aromatic nitrogens is 1. The van der Waals surface area contributed by atoms with Crippen molar-refractivity contribution in [3.05, 3.63) is 76.3 Å². The van der Waals surface area contributed by atoms with Crippen LogP contribution in [-0.2, 0) is 16.2 Å². The quantitative estimate of drug-likeness (QED) is 0.500. The van der Waals surface area contributed by atoms with E-state index in [2.05, 4.69) is 15.6 Å². The number of thiazole rings is 1. The fourth-order valence-corrected chi connectivity index (χ4v) is 3.25. The van der Waals surface area contributed by atoms with Crippen molar-refractivity contribution < 1.29 is 14.3 Å². The molecule has 0 fully saturated rings. The summed E-state index contributed by atoms with van der Waals surface area (Å²) >= 11 is 1.58. The average molecular weight is 422 g/mol. The number of nitrogens with zero attached hydrogens (tertiary/aromatic N) is 1. The van der Waals surface area contributed by atoms with Crippen molar-refractivity contribution in [2.45, 2.75) is 26.9 Å². The largest absolute Gasteiger partial charge is 0.487 e. The van der Waals surface area contributed by atoms with E-state index in [1.807, 2.05) is 36.6 Å². The SMILES string of the molecule is CCC(=O)Nc1cccc(NC(=O)/C=C/c2ccccc2OCc2csc(C)n2)c1. The van der Waals surface area contributed by atoms with Crippen LogP contribution in [0.15, 0.2) is 60.0 Å². The van der Waals surface area contributed by atoms with Crippen molar-refractivity contribution in [3.63, 3.8) is 0 Å². The van der Waals surface area contributed by atoms with Gasteiger partial charge in [0.05, 0.1) is 10.7 Å². The monoisotopic (exact) mass is 421 g/mol. The van der Waals surface area contributed by atoms with Crippen LogP contribution in [0.1, 0.15) is 29.6 Å². The van der Waals surface area contributed by atoms with Crippen LogP contribution in [0, 0.1) is 6.92 Å². The lowest BCUT2D eigenvalue weighted by atomic mass is 10.2. The van der Waals surface area contributed by atoms with Crippen LogP contribution in [-0.4, -0.2) is 16.8 Å². The molecule has 154 valence electrons. The summed E-state index contributed by atoms with van der Waals surface area (Å²) in [6.45, 7) is 4.11. The normalized spacial score (nSPS) is 10.7. The average Bonchev–Trinajstić information content (AvgIpc) is 3.16. The summed E-state index contributed by atoms with van der Waals surface area (Å²) < 4.78 is 5.87. The highest BCUT2D eigenvalue weighted by Gasteiger charge is 2.05. The van der Waals surface area contributed by atoms with Gasteiger partial charge in [0.25, 0.3) is 0 Å². The number of nitrogens with one attached hydrogen (secondary N) is 2. The molecule has 6 nitrogen and oxygen atoms in total. The standard InChI is InChI=1S/C23H23N3O3S/c1-3-22(27)25-18-8-6-9-19(13-18)26-23(28)12-11-17-7-4-5-10-21(17)29-14-20-15-30-16(2)24-20/h4-13,15H,3,14H2,1-2H3,(H,25,27)(H,26,28)/b12-11+. The molecule has 0 atom stereocenters. The number of carbonyl (C=O) groups is 2. The Morgan fingerprint density at radius 2 is 1.87 bits per heavy atom. The lowest BCUT2D eigenvalue weighted by molar-refractivity contribution is -0.116. The van der Waals surface area contributed by atoms with Crippen LogP contribution < -0.4 is 15.4 Å². The minimum Gasteiger partial charge on any atom is -0.487 e. The van der Waals surface area contributed by atoms with E-state index in [1.165, 1.54) is 6.08 Å². The van der Waals surface area contributed by atoms with Crippen LogP contribution in [0.3, 0.4) is 0 Å². The van der Waals surface area contributed by atoms with Gasteiger partial charge in [-0.05, 0) is 37.3 Å². The number of aryl methyl sites for hydroxylation is 1. The Hall–Kier alpha value is -3.45. The topological polar surface area (TPSA) is 80.3 Å². The molecule has 0 aliphatic heterocycles. The van der Waals surface area contributed by atoms with E-state index in [0.29, 0.717) is 30.2 Å². The molecule has 2 aromatic carbocycles. The predicted octanol–water partition coefficient (Wildman–Crippen LogP) is 5.03. The highest BCUT2D eigenvalue weighted by molar-refractivity contribution is 7.09. The summed E-state index contributed by atoms with van der Waals surface area (Å²) in [5.41, 5.74) is 2.91. The van der Waals surface area contributed by atoms with Crippen LogP contribution >= 0.6 is 11.3 Å². The van der Waals surface area contributed by atoms with E-state index in [4.69, 9.17) is 4.74 Å². The van der Waals surface area contributed by atoms with Gasteiger partial charge in [0, 0.05) is 34.8 Å². The fraction of sp³-hybridized carbons (Fsp3) is 0.174. The van der Waals surface area contributed by atoms with Crippen LogP contribution in [0.4, 0.5) is 11.4 Å². The van der Waals surface area contributed by atoms with Gasteiger partial charge in [-0.3, -0.25) is 9.59 Å². The summed E-state index contributed by atoms with van der Waals surface area (Å²) in [6.07, 6.45) is 3.55. The molecule has 0 aliphatic rings. The van der Waals surface area contributed by atoms with Gasteiger partial charge in [-0.1, -0.05) is 31.2 Å². The zero-order valence-electron chi connectivity index (χ0n) is 16.8. The Morgan fingerprint density at radius 3 is 2.60 bits per heavy atom. The number of hydrogen-bond donors (Lipinski definition) is 2. The molecule has 30 heavy (non-hydrogen) atoms. The molecular weight excluding hydrogens is 398 g/mol. The van der Waals surface area contributed by atoms with Crippen molar-refractivity contribution in [3.8, 4) is 5.75 Å². The third-order valence-electron chi connectivity index (χ3n) is 4.11. The van der Waals surface area contributed by atoms with E-state index in [1.54, 1.807) is 48.6 Å². The Morgan fingerprint density at radius 1 is 1.10 bits per heavy atom. The number of hydrogen-bond acceptors (Lipinski definition) is 5. The summed E-state index contributed by atoms with van der Waals surface area (Å²) in [5.74, 6) is 0.318. The van der Waals surface area contributed by atoms with Gasteiger partial charge in [-0.25, -0.2) is 4.98 Å². The van der Waals surface area contributed by atoms with Crippen LogP contribution in [0.25, 0.3) is 6.08 Å². The Balaban J connectivity index is 1.62. The third-order valence-corrected chi connectivity index (χ3v) is 4.93. The molecule has 0 saturated heterocycles. The first kappa shape index (κ1) is 21.3. The second-order valence-electron chi connectivity index (χ2n) is 6.49. The lowest BCUT2D eigenvalue weighted by Crippen LogP contribution is -2.11. The second kappa shape index (κ2) is 10.4. The molecule has 2 amide bonds.